The highest BCUT2D eigenvalue weighted by Gasteiger charge is 2.12. The molecular weight excluding hydrogens is 157 g/mol. The van der Waals surface area contributed by atoms with Gasteiger partial charge in [0.1, 0.15) is 0 Å². The summed E-state index contributed by atoms with van der Waals surface area (Å²) in [6.45, 7) is 7.52. The largest absolute Gasteiger partial charge is 0.344 e. The summed E-state index contributed by atoms with van der Waals surface area (Å²) in [6, 6.07) is 0. The van der Waals surface area contributed by atoms with Crippen LogP contribution in [0.2, 0.25) is 13.1 Å². The van der Waals surface area contributed by atoms with Gasteiger partial charge in [0.25, 0.3) is 0 Å². The van der Waals surface area contributed by atoms with Crippen LogP contribution >= 0.6 is 12.5 Å². The van der Waals surface area contributed by atoms with Crippen molar-refractivity contribution in [2.45, 2.75) is 27.0 Å². The molecule has 0 aliphatic carbocycles. The second-order valence-electron chi connectivity index (χ2n) is 2.62. The van der Waals surface area contributed by atoms with E-state index in [4.69, 9.17) is 0 Å². The SMILES string of the molecule is CCN(CC)C(=O)CB(C)S. The molecule has 0 fully saturated rings. The molecule has 11 heavy (non-hydrogen) atoms. The lowest BCUT2D eigenvalue weighted by atomic mass is 9.75. The smallest absolute Gasteiger partial charge is 0.216 e. The summed E-state index contributed by atoms with van der Waals surface area (Å²) in [5.41, 5.74) is 0. The van der Waals surface area contributed by atoms with Gasteiger partial charge in [-0.25, -0.2) is 12.5 Å². The summed E-state index contributed by atoms with van der Waals surface area (Å²) in [5, 5.41) is 0. The molecule has 0 bridgehead atoms. The van der Waals surface area contributed by atoms with E-state index in [2.05, 4.69) is 12.5 Å². The van der Waals surface area contributed by atoms with Crippen LogP contribution in [-0.2, 0) is 4.79 Å². The fraction of sp³-hybridized carbons (Fsp3) is 0.857. The molecular formula is C7H16BNOS. The van der Waals surface area contributed by atoms with Crippen LogP contribution < -0.4 is 0 Å². The van der Waals surface area contributed by atoms with Gasteiger partial charge >= 0.3 is 0 Å². The number of rotatable bonds is 4. The minimum atomic E-state index is 0.170. The predicted octanol–water partition coefficient (Wildman–Crippen LogP) is 1.41. The zero-order chi connectivity index (χ0) is 8.85. The maximum atomic E-state index is 11.3. The third-order valence-electron chi connectivity index (χ3n) is 1.59. The van der Waals surface area contributed by atoms with Gasteiger partial charge in [-0.05, 0) is 13.8 Å². The summed E-state index contributed by atoms with van der Waals surface area (Å²) in [4.78, 5) is 13.1. The molecule has 0 aliphatic heterocycles. The van der Waals surface area contributed by atoms with Crippen molar-refractivity contribution < 1.29 is 4.79 Å². The van der Waals surface area contributed by atoms with Crippen LogP contribution in [0.5, 0.6) is 0 Å². The van der Waals surface area contributed by atoms with Gasteiger partial charge in [-0.1, -0.05) is 6.82 Å². The molecule has 1 amide bonds. The summed E-state index contributed by atoms with van der Waals surface area (Å²) in [7, 11) is 0. The Kier molecular flexibility index (Phi) is 5.47. The summed E-state index contributed by atoms with van der Waals surface area (Å²) >= 11 is 4.16. The first-order valence-electron chi connectivity index (χ1n) is 4.07. The zero-order valence-corrected chi connectivity index (χ0v) is 8.40. The summed E-state index contributed by atoms with van der Waals surface area (Å²) < 4.78 is 0. The van der Waals surface area contributed by atoms with Gasteiger partial charge in [-0.3, -0.25) is 4.79 Å². The first kappa shape index (κ1) is 10.9. The van der Waals surface area contributed by atoms with E-state index in [0.29, 0.717) is 6.32 Å². The van der Waals surface area contributed by atoms with Crippen molar-refractivity contribution in [2.24, 2.45) is 0 Å². The monoisotopic (exact) mass is 173 g/mol. The van der Waals surface area contributed by atoms with Gasteiger partial charge in [0.05, 0.1) is 0 Å². The lowest BCUT2D eigenvalue weighted by molar-refractivity contribution is -0.128. The van der Waals surface area contributed by atoms with Crippen LogP contribution in [0.1, 0.15) is 13.8 Å². The molecule has 0 N–H and O–H groups in total. The fourth-order valence-electron chi connectivity index (χ4n) is 0.958. The molecule has 0 aromatic carbocycles. The van der Waals surface area contributed by atoms with Crippen molar-refractivity contribution in [3.63, 3.8) is 0 Å². The number of hydrogen-bond acceptors (Lipinski definition) is 2. The van der Waals surface area contributed by atoms with Crippen LogP contribution in [0.4, 0.5) is 0 Å². The Morgan fingerprint density at radius 2 is 1.91 bits per heavy atom. The quantitative estimate of drug-likeness (QED) is 0.503. The molecule has 0 atom stereocenters. The number of carbonyl (C=O) groups excluding carboxylic acids is 1. The van der Waals surface area contributed by atoms with E-state index < -0.39 is 0 Å². The van der Waals surface area contributed by atoms with Crippen molar-refractivity contribution in [3.8, 4) is 0 Å². The Morgan fingerprint density at radius 1 is 1.45 bits per heavy atom. The number of hydrogen-bond donors (Lipinski definition) is 1. The Morgan fingerprint density at radius 3 is 2.18 bits per heavy atom. The van der Waals surface area contributed by atoms with Gasteiger partial charge in [0, 0.05) is 19.4 Å². The van der Waals surface area contributed by atoms with E-state index in [1.807, 2.05) is 25.6 Å². The highest BCUT2D eigenvalue weighted by molar-refractivity contribution is 8.10. The third kappa shape index (κ3) is 4.35. The van der Waals surface area contributed by atoms with E-state index >= 15 is 0 Å². The molecule has 0 rings (SSSR count). The summed E-state index contributed by atoms with van der Waals surface area (Å²) in [6.07, 6.45) is 0.546. The second-order valence-corrected chi connectivity index (χ2v) is 3.50. The molecule has 0 unspecified atom stereocenters. The fourth-order valence-corrected chi connectivity index (χ4v) is 1.11. The minimum Gasteiger partial charge on any atom is -0.344 e. The van der Waals surface area contributed by atoms with Crippen LogP contribution in [0, 0.1) is 0 Å². The molecule has 0 radical (unpaired) electrons. The number of amides is 1. The molecule has 0 aromatic heterocycles. The van der Waals surface area contributed by atoms with Crippen molar-refractivity contribution in [1.82, 2.24) is 4.90 Å². The molecule has 0 saturated carbocycles. The van der Waals surface area contributed by atoms with Crippen LogP contribution in [-0.4, -0.2) is 29.9 Å². The van der Waals surface area contributed by atoms with E-state index in [-0.39, 0.29) is 11.9 Å². The number of carbonyl (C=O) groups is 1. The lowest BCUT2D eigenvalue weighted by Gasteiger charge is -2.18. The van der Waals surface area contributed by atoms with Gasteiger partial charge in [0.15, 0.2) is 0 Å². The Bertz CT molecular complexity index is 126. The maximum absolute atomic E-state index is 11.3. The zero-order valence-electron chi connectivity index (χ0n) is 7.50. The Labute approximate surface area is 74.7 Å². The lowest BCUT2D eigenvalue weighted by Crippen LogP contribution is -2.31. The summed E-state index contributed by atoms with van der Waals surface area (Å²) in [5.74, 6) is 0.376. The third-order valence-corrected chi connectivity index (χ3v) is 1.77. The van der Waals surface area contributed by atoms with E-state index in [1.54, 1.807) is 0 Å². The molecule has 0 aromatic rings. The normalized spacial score (nSPS) is 9.45. The van der Waals surface area contributed by atoms with Crippen molar-refractivity contribution in [2.75, 3.05) is 13.1 Å². The highest BCUT2D eigenvalue weighted by Crippen LogP contribution is 2.01. The van der Waals surface area contributed by atoms with Crippen molar-refractivity contribution in [1.29, 1.82) is 0 Å². The number of thiol groups is 1. The highest BCUT2D eigenvalue weighted by atomic mass is 32.1. The Balaban J connectivity index is 3.79. The molecule has 0 saturated heterocycles. The van der Waals surface area contributed by atoms with Crippen LogP contribution in [0.25, 0.3) is 0 Å². The topological polar surface area (TPSA) is 20.3 Å². The van der Waals surface area contributed by atoms with Crippen LogP contribution in [0.3, 0.4) is 0 Å². The van der Waals surface area contributed by atoms with Crippen molar-refractivity contribution >= 4 is 24.4 Å². The molecule has 64 valence electrons. The molecule has 0 aliphatic rings. The molecule has 0 heterocycles. The molecule has 0 spiro atoms. The molecule has 4 heteroatoms. The van der Waals surface area contributed by atoms with E-state index in [0.717, 1.165) is 13.1 Å². The molecule has 2 nitrogen and oxygen atoms in total. The average molecular weight is 173 g/mol. The van der Waals surface area contributed by atoms with Gasteiger partial charge in [0.2, 0.25) is 11.9 Å². The minimum absolute atomic E-state index is 0.170. The van der Waals surface area contributed by atoms with Gasteiger partial charge in [-0.15, -0.1) is 0 Å². The first-order valence-corrected chi connectivity index (χ1v) is 4.59. The first-order chi connectivity index (χ1) is 5.11. The number of nitrogens with zero attached hydrogens (tertiary/aromatic N) is 1. The predicted molar refractivity (Wildman–Crippen MR) is 53.3 cm³/mol. The Hall–Kier alpha value is -0.115. The van der Waals surface area contributed by atoms with Gasteiger partial charge in [-0.2, -0.15) is 0 Å². The standard InChI is InChI=1S/C7H16BNOS/c1-4-9(5-2)7(10)6-8(3)11/h11H,4-6H2,1-3H3. The van der Waals surface area contributed by atoms with Crippen LogP contribution in [0.15, 0.2) is 0 Å². The van der Waals surface area contributed by atoms with E-state index in [1.165, 1.54) is 0 Å². The van der Waals surface area contributed by atoms with Gasteiger partial charge < -0.3 is 4.90 Å². The average Bonchev–Trinajstić information content (AvgIpc) is 1.88. The maximum Gasteiger partial charge on any atom is 0.216 e. The second kappa shape index (κ2) is 5.52. The van der Waals surface area contributed by atoms with Crippen molar-refractivity contribution in [3.05, 3.63) is 0 Å². The van der Waals surface area contributed by atoms with E-state index in [9.17, 15) is 4.79 Å².